The lowest BCUT2D eigenvalue weighted by Crippen LogP contribution is -2.26. The molecular weight excluding hydrogens is 364 g/mol. The van der Waals surface area contributed by atoms with Gasteiger partial charge in [-0.2, -0.15) is 0 Å². The number of pyridine rings is 1. The highest BCUT2D eigenvalue weighted by molar-refractivity contribution is 5.79. The Bertz CT molecular complexity index is 1140. The first-order valence-electron chi connectivity index (χ1n) is 9.40. The van der Waals surface area contributed by atoms with Gasteiger partial charge in [-0.05, 0) is 40.8 Å². The van der Waals surface area contributed by atoms with Gasteiger partial charge in [-0.15, -0.1) is 0 Å². The van der Waals surface area contributed by atoms with Crippen LogP contribution in [-0.2, 0) is 4.74 Å². The molecular formula is C24H20N2O3. The van der Waals surface area contributed by atoms with Crippen LogP contribution in [-0.4, -0.2) is 24.2 Å². The van der Waals surface area contributed by atoms with Crippen molar-refractivity contribution in [3.63, 3.8) is 0 Å². The van der Waals surface area contributed by atoms with Crippen molar-refractivity contribution in [1.82, 2.24) is 10.3 Å². The number of alkyl carbamates (subject to hydrolysis) is 1. The minimum atomic E-state index is -0.528. The van der Waals surface area contributed by atoms with E-state index in [4.69, 9.17) is 4.74 Å². The maximum Gasteiger partial charge on any atom is 0.407 e. The van der Waals surface area contributed by atoms with Crippen LogP contribution < -0.4 is 10.9 Å². The van der Waals surface area contributed by atoms with Crippen LogP contribution in [0, 0.1) is 18.8 Å². The molecule has 1 amide bonds. The van der Waals surface area contributed by atoms with E-state index in [1.54, 1.807) is 12.3 Å². The molecule has 0 unspecified atom stereocenters. The molecule has 0 atom stereocenters. The molecule has 5 nitrogen and oxygen atoms in total. The van der Waals surface area contributed by atoms with Gasteiger partial charge < -0.3 is 15.0 Å². The number of ether oxygens (including phenoxy) is 1. The van der Waals surface area contributed by atoms with Crippen LogP contribution in [0.5, 0.6) is 0 Å². The maximum absolute atomic E-state index is 12.1. The van der Waals surface area contributed by atoms with Crippen LogP contribution in [0.25, 0.3) is 11.1 Å². The lowest BCUT2D eigenvalue weighted by molar-refractivity contribution is 0.144. The van der Waals surface area contributed by atoms with Crippen LogP contribution in [0.3, 0.4) is 0 Å². The van der Waals surface area contributed by atoms with Crippen molar-refractivity contribution in [2.75, 3.05) is 13.2 Å². The molecule has 2 aromatic carbocycles. The summed E-state index contributed by atoms with van der Waals surface area (Å²) in [7, 11) is 0. The van der Waals surface area contributed by atoms with E-state index in [1.165, 1.54) is 22.3 Å². The lowest BCUT2D eigenvalue weighted by atomic mass is 9.98. The van der Waals surface area contributed by atoms with E-state index in [0.29, 0.717) is 5.56 Å². The molecule has 29 heavy (non-hydrogen) atoms. The van der Waals surface area contributed by atoms with Crippen LogP contribution in [0.15, 0.2) is 65.6 Å². The summed E-state index contributed by atoms with van der Waals surface area (Å²) in [6.07, 6.45) is 1.10. The highest BCUT2D eigenvalue weighted by Crippen LogP contribution is 2.44. The van der Waals surface area contributed by atoms with E-state index in [0.717, 1.165) is 5.56 Å². The topological polar surface area (TPSA) is 71.2 Å². The summed E-state index contributed by atoms with van der Waals surface area (Å²) in [5.74, 6) is 5.56. The molecule has 0 radical (unpaired) electrons. The third kappa shape index (κ3) is 3.92. The molecule has 0 aliphatic heterocycles. The first-order valence-corrected chi connectivity index (χ1v) is 9.40. The number of fused-ring (bicyclic) bond motifs is 3. The van der Waals surface area contributed by atoms with Gasteiger partial charge in [0, 0.05) is 12.1 Å². The number of hydrogen-bond acceptors (Lipinski definition) is 3. The summed E-state index contributed by atoms with van der Waals surface area (Å²) in [5.41, 5.74) is 5.75. The first kappa shape index (κ1) is 18.6. The minimum absolute atomic E-state index is 0.0186. The quantitative estimate of drug-likeness (QED) is 0.678. The summed E-state index contributed by atoms with van der Waals surface area (Å²) in [6, 6.07) is 18.1. The molecule has 0 saturated carbocycles. The Hall–Kier alpha value is -3.78. The second kappa shape index (κ2) is 8.07. The van der Waals surface area contributed by atoms with Crippen molar-refractivity contribution in [3.05, 3.63) is 93.4 Å². The van der Waals surface area contributed by atoms with E-state index in [2.05, 4.69) is 46.4 Å². The molecule has 2 N–H and O–H groups in total. The summed E-state index contributed by atoms with van der Waals surface area (Å²) in [6.45, 7) is 2.23. The molecule has 1 aliphatic carbocycles. The molecule has 0 saturated heterocycles. The number of H-pyrrole nitrogens is 1. The normalized spacial score (nSPS) is 11.8. The number of amides is 1. The van der Waals surface area contributed by atoms with Crippen molar-refractivity contribution >= 4 is 6.09 Å². The Kier molecular flexibility index (Phi) is 5.17. The number of carbonyl (C=O) groups excluding carboxylic acids is 1. The smallest absolute Gasteiger partial charge is 0.407 e. The molecule has 0 bridgehead atoms. The largest absolute Gasteiger partial charge is 0.449 e. The SMILES string of the molecule is Cc1c[nH]c(=O)c(C#CCNC(=O)OCC2c3ccccc3-c3ccccc32)c1. The van der Waals surface area contributed by atoms with E-state index in [9.17, 15) is 9.59 Å². The zero-order valence-electron chi connectivity index (χ0n) is 16.0. The summed E-state index contributed by atoms with van der Waals surface area (Å²) in [4.78, 5) is 26.4. The third-order valence-electron chi connectivity index (χ3n) is 4.94. The minimum Gasteiger partial charge on any atom is -0.449 e. The van der Waals surface area contributed by atoms with E-state index in [-0.39, 0.29) is 24.6 Å². The molecule has 4 rings (SSSR count). The third-order valence-corrected chi connectivity index (χ3v) is 4.94. The molecule has 0 spiro atoms. The van der Waals surface area contributed by atoms with Gasteiger partial charge in [-0.3, -0.25) is 4.79 Å². The summed E-state index contributed by atoms with van der Waals surface area (Å²) >= 11 is 0. The van der Waals surface area contributed by atoms with Gasteiger partial charge in [0.25, 0.3) is 5.56 Å². The zero-order chi connectivity index (χ0) is 20.2. The molecule has 144 valence electrons. The van der Waals surface area contributed by atoms with Crippen LogP contribution in [0.2, 0.25) is 0 Å². The van der Waals surface area contributed by atoms with Crippen molar-refractivity contribution < 1.29 is 9.53 Å². The second-order valence-corrected chi connectivity index (χ2v) is 6.90. The van der Waals surface area contributed by atoms with E-state index >= 15 is 0 Å². The van der Waals surface area contributed by atoms with Gasteiger partial charge in [0.1, 0.15) is 6.61 Å². The van der Waals surface area contributed by atoms with Crippen molar-refractivity contribution in [1.29, 1.82) is 0 Å². The van der Waals surface area contributed by atoms with Gasteiger partial charge in [0.15, 0.2) is 0 Å². The Morgan fingerprint density at radius 1 is 1.10 bits per heavy atom. The number of benzene rings is 2. The van der Waals surface area contributed by atoms with Gasteiger partial charge in [-0.25, -0.2) is 4.79 Å². The van der Waals surface area contributed by atoms with Crippen molar-refractivity contribution in [2.24, 2.45) is 0 Å². The van der Waals surface area contributed by atoms with Crippen LogP contribution in [0.4, 0.5) is 4.79 Å². The number of carbonyl (C=O) groups is 1. The number of aromatic nitrogens is 1. The molecule has 1 heterocycles. The number of hydrogen-bond donors (Lipinski definition) is 2. The average molecular weight is 384 g/mol. The molecule has 5 heteroatoms. The Morgan fingerprint density at radius 3 is 2.45 bits per heavy atom. The second-order valence-electron chi connectivity index (χ2n) is 6.90. The van der Waals surface area contributed by atoms with E-state index < -0.39 is 6.09 Å². The summed E-state index contributed by atoms with van der Waals surface area (Å²) < 4.78 is 5.45. The molecule has 0 fully saturated rings. The predicted molar refractivity (Wildman–Crippen MR) is 112 cm³/mol. The standard InChI is InChI=1S/C24H20N2O3/c1-16-13-17(23(27)26-14-16)7-6-12-25-24(28)29-15-22-20-10-4-2-8-18(20)19-9-3-5-11-21(19)22/h2-5,8-11,13-14,22H,12,15H2,1H3,(H,25,28)(H,26,27). The van der Waals surface area contributed by atoms with Gasteiger partial charge in [-0.1, -0.05) is 60.4 Å². The highest BCUT2D eigenvalue weighted by Gasteiger charge is 2.28. The average Bonchev–Trinajstić information content (AvgIpc) is 3.06. The molecule has 3 aromatic rings. The lowest BCUT2D eigenvalue weighted by Gasteiger charge is -2.14. The van der Waals surface area contributed by atoms with Gasteiger partial charge in [0.05, 0.1) is 12.1 Å². The van der Waals surface area contributed by atoms with Crippen molar-refractivity contribution in [3.8, 4) is 23.0 Å². The Morgan fingerprint density at radius 2 is 1.76 bits per heavy atom. The monoisotopic (exact) mass is 384 g/mol. The van der Waals surface area contributed by atoms with Crippen LogP contribution in [0.1, 0.15) is 28.2 Å². The fraction of sp³-hybridized carbons (Fsp3) is 0.167. The Labute approximate surface area is 168 Å². The Balaban J connectivity index is 1.37. The van der Waals surface area contributed by atoms with Gasteiger partial charge >= 0.3 is 6.09 Å². The highest BCUT2D eigenvalue weighted by atomic mass is 16.5. The number of rotatable bonds is 3. The number of nitrogens with one attached hydrogen (secondary N) is 2. The maximum atomic E-state index is 12.1. The fourth-order valence-corrected chi connectivity index (χ4v) is 3.59. The fourth-order valence-electron chi connectivity index (χ4n) is 3.59. The van der Waals surface area contributed by atoms with Gasteiger partial charge in [0.2, 0.25) is 0 Å². The first-order chi connectivity index (χ1) is 14.1. The summed E-state index contributed by atoms with van der Waals surface area (Å²) in [5, 5.41) is 2.61. The molecule has 1 aliphatic rings. The molecule has 1 aromatic heterocycles. The van der Waals surface area contributed by atoms with Crippen LogP contribution >= 0.6 is 0 Å². The van der Waals surface area contributed by atoms with E-state index in [1.807, 2.05) is 31.2 Å². The zero-order valence-corrected chi connectivity index (χ0v) is 16.0. The predicted octanol–water partition coefficient (Wildman–Crippen LogP) is 3.57. The number of aromatic amines is 1. The number of aryl methyl sites for hydroxylation is 1. The van der Waals surface area contributed by atoms with Crippen molar-refractivity contribution in [2.45, 2.75) is 12.8 Å².